The number of ether oxygens (including phenoxy) is 1. The molecule has 27 heavy (non-hydrogen) atoms. The average molecular weight is 358 g/mol. The smallest absolute Gasteiger partial charge is 0.258 e. The Hall–Kier alpha value is -3.59. The number of nitriles is 1. The molecule has 2 aromatic carbocycles. The Bertz CT molecular complexity index is 1140. The molecule has 2 heterocycles. The van der Waals surface area contributed by atoms with E-state index in [9.17, 15) is 4.79 Å². The molecule has 3 aromatic rings. The maximum Gasteiger partial charge on any atom is 0.258 e. The van der Waals surface area contributed by atoms with Crippen molar-refractivity contribution in [2.24, 2.45) is 7.05 Å². The maximum atomic E-state index is 12.9. The molecule has 1 amide bonds. The van der Waals surface area contributed by atoms with E-state index in [0.717, 1.165) is 27.6 Å². The summed E-state index contributed by atoms with van der Waals surface area (Å²) in [7, 11) is 3.46. The summed E-state index contributed by atoms with van der Waals surface area (Å²) in [6, 6.07) is 11.9. The second-order valence-electron chi connectivity index (χ2n) is 6.59. The number of hydrogen-bond acceptors (Lipinski definition) is 4. The Kier molecular flexibility index (Phi) is 3.93. The zero-order chi connectivity index (χ0) is 19.1. The number of hydrogen-bond donors (Lipinski definition) is 0. The Labute approximate surface area is 156 Å². The first-order valence-corrected chi connectivity index (χ1v) is 8.52. The van der Waals surface area contributed by atoms with Crippen LogP contribution in [-0.2, 0) is 13.6 Å². The molecule has 0 unspecified atom stereocenters. The topological polar surface area (TPSA) is 71.2 Å². The van der Waals surface area contributed by atoms with Crippen LogP contribution in [0.5, 0.6) is 5.75 Å². The minimum Gasteiger partial charge on any atom is -0.496 e. The van der Waals surface area contributed by atoms with Gasteiger partial charge in [0.25, 0.3) is 5.91 Å². The normalized spacial score (nSPS) is 12.9. The highest BCUT2D eigenvalue weighted by molar-refractivity contribution is 6.03. The predicted octanol–water partition coefficient (Wildman–Crippen LogP) is 3.28. The summed E-state index contributed by atoms with van der Waals surface area (Å²) >= 11 is 0. The molecule has 0 bridgehead atoms. The molecule has 1 aliphatic rings. The molecule has 0 N–H and O–H groups in total. The van der Waals surface area contributed by atoms with E-state index in [0.29, 0.717) is 23.4 Å². The predicted molar refractivity (Wildman–Crippen MR) is 102 cm³/mol. The second-order valence-corrected chi connectivity index (χ2v) is 6.59. The van der Waals surface area contributed by atoms with Crippen LogP contribution in [0.3, 0.4) is 0 Å². The van der Waals surface area contributed by atoms with Crippen molar-refractivity contribution in [3.05, 3.63) is 59.8 Å². The lowest BCUT2D eigenvalue weighted by atomic mass is 9.95. The lowest BCUT2D eigenvalue weighted by Gasteiger charge is -2.14. The number of rotatable bonds is 4. The molecule has 1 aromatic heterocycles. The number of aryl methyl sites for hydroxylation is 1. The van der Waals surface area contributed by atoms with E-state index >= 15 is 0 Å². The number of aromatic nitrogens is 2. The molecule has 0 saturated carbocycles. The van der Waals surface area contributed by atoms with Crippen LogP contribution in [0.2, 0.25) is 0 Å². The Balaban J connectivity index is 1.85. The lowest BCUT2D eigenvalue weighted by Crippen LogP contribution is -2.25. The maximum absolute atomic E-state index is 12.9. The van der Waals surface area contributed by atoms with Gasteiger partial charge in [0.15, 0.2) is 0 Å². The molecular weight excluding hydrogens is 340 g/mol. The highest BCUT2D eigenvalue weighted by Crippen LogP contribution is 2.39. The zero-order valence-corrected chi connectivity index (χ0v) is 15.2. The molecule has 1 aliphatic heterocycles. The number of carbonyl (C=O) groups is 1. The summed E-state index contributed by atoms with van der Waals surface area (Å²) in [6.45, 7) is 4.34. The monoisotopic (exact) mass is 358 g/mol. The quantitative estimate of drug-likeness (QED) is 0.671. The van der Waals surface area contributed by atoms with E-state index in [-0.39, 0.29) is 12.5 Å². The van der Waals surface area contributed by atoms with Gasteiger partial charge in [0.05, 0.1) is 37.0 Å². The number of amides is 1. The van der Waals surface area contributed by atoms with Crippen molar-refractivity contribution in [2.75, 3.05) is 13.7 Å². The molecule has 6 nitrogen and oxygen atoms in total. The third-order valence-corrected chi connectivity index (χ3v) is 4.94. The third kappa shape index (κ3) is 2.64. The summed E-state index contributed by atoms with van der Waals surface area (Å²) in [5.74, 6) is 0.409. The molecule has 0 atom stereocenters. The van der Waals surface area contributed by atoms with Gasteiger partial charge in [-0.25, -0.2) is 0 Å². The van der Waals surface area contributed by atoms with Crippen LogP contribution in [0.25, 0.3) is 22.0 Å². The summed E-state index contributed by atoms with van der Waals surface area (Å²) in [4.78, 5) is 14.5. The van der Waals surface area contributed by atoms with Crippen LogP contribution >= 0.6 is 0 Å². The fourth-order valence-electron chi connectivity index (χ4n) is 3.59. The molecule has 134 valence electrons. The fourth-order valence-corrected chi connectivity index (χ4v) is 3.59. The number of methoxy groups -OCH3 is 1. The Morgan fingerprint density at radius 1 is 1.37 bits per heavy atom. The Morgan fingerprint density at radius 2 is 2.19 bits per heavy atom. The summed E-state index contributed by atoms with van der Waals surface area (Å²) in [5.41, 5.74) is 4.84. The van der Waals surface area contributed by atoms with Gasteiger partial charge < -0.3 is 9.64 Å². The molecule has 0 aliphatic carbocycles. The molecule has 4 rings (SSSR count). The zero-order valence-electron chi connectivity index (χ0n) is 15.2. The van der Waals surface area contributed by atoms with Gasteiger partial charge in [-0.2, -0.15) is 10.4 Å². The minimum atomic E-state index is -0.137. The van der Waals surface area contributed by atoms with Crippen molar-refractivity contribution in [1.82, 2.24) is 14.7 Å². The molecule has 0 radical (unpaired) electrons. The van der Waals surface area contributed by atoms with E-state index in [1.165, 1.54) is 0 Å². The van der Waals surface area contributed by atoms with Crippen molar-refractivity contribution in [2.45, 2.75) is 6.54 Å². The molecular formula is C21H18N4O2. The van der Waals surface area contributed by atoms with E-state index in [4.69, 9.17) is 10.00 Å². The van der Waals surface area contributed by atoms with Gasteiger partial charge in [0.2, 0.25) is 0 Å². The van der Waals surface area contributed by atoms with E-state index in [1.807, 2.05) is 48.3 Å². The first kappa shape index (κ1) is 16.9. The standard InChI is InChI=1S/C21H18N4O2/c1-13(9-22)11-25-12-17-16(6-7-19(27-3)20(17)21(25)26)14-4-5-15-10-23-24(2)18(15)8-14/h4-8,10H,1,11-12H2,2-3H3. The van der Waals surface area contributed by atoms with Crippen molar-refractivity contribution in [1.29, 1.82) is 5.26 Å². The van der Waals surface area contributed by atoms with Crippen molar-refractivity contribution >= 4 is 16.8 Å². The number of fused-ring (bicyclic) bond motifs is 2. The van der Waals surface area contributed by atoms with Gasteiger partial charge in [-0.15, -0.1) is 0 Å². The summed E-state index contributed by atoms with van der Waals surface area (Å²) in [5, 5.41) is 14.4. The van der Waals surface area contributed by atoms with Gasteiger partial charge >= 0.3 is 0 Å². The largest absolute Gasteiger partial charge is 0.496 e. The SMILES string of the molecule is C=C(C#N)CN1Cc2c(-c3ccc4cnn(C)c4c3)ccc(OC)c2C1=O. The van der Waals surface area contributed by atoms with Crippen LogP contribution in [0, 0.1) is 11.3 Å². The molecule has 0 saturated heterocycles. The van der Waals surface area contributed by atoms with Gasteiger partial charge in [-0.1, -0.05) is 24.8 Å². The molecule has 0 spiro atoms. The van der Waals surface area contributed by atoms with Crippen molar-refractivity contribution in [3.8, 4) is 22.9 Å². The Morgan fingerprint density at radius 3 is 2.93 bits per heavy atom. The first-order valence-electron chi connectivity index (χ1n) is 8.52. The van der Waals surface area contributed by atoms with E-state index in [2.05, 4.69) is 17.7 Å². The van der Waals surface area contributed by atoms with E-state index in [1.54, 1.807) is 12.0 Å². The number of nitrogens with zero attached hydrogens (tertiary/aromatic N) is 4. The van der Waals surface area contributed by atoms with Crippen molar-refractivity contribution < 1.29 is 9.53 Å². The van der Waals surface area contributed by atoms with Gasteiger partial charge in [-0.3, -0.25) is 9.48 Å². The number of carbonyl (C=O) groups excluding carboxylic acids is 1. The van der Waals surface area contributed by atoms with Crippen LogP contribution in [0.4, 0.5) is 0 Å². The van der Waals surface area contributed by atoms with Gasteiger partial charge in [0.1, 0.15) is 5.75 Å². The second kappa shape index (κ2) is 6.29. The first-order chi connectivity index (χ1) is 13.0. The van der Waals surface area contributed by atoms with E-state index < -0.39 is 0 Å². The molecule has 6 heteroatoms. The van der Waals surface area contributed by atoms with Gasteiger partial charge in [0, 0.05) is 24.6 Å². The summed E-state index contributed by atoms with van der Waals surface area (Å²) < 4.78 is 7.26. The molecule has 0 fully saturated rings. The van der Waals surface area contributed by atoms with Crippen molar-refractivity contribution in [3.63, 3.8) is 0 Å². The fraction of sp³-hybridized carbons (Fsp3) is 0.190. The highest BCUT2D eigenvalue weighted by atomic mass is 16.5. The van der Waals surface area contributed by atoms with Crippen LogP contribution in [0.1, 0.15) is 15.9 Å². The third-order valence-electron chi connectivity index (χ3n) is 4.94. The van der Waals surface area contributed by atoms with Gasteiger partial charge in [-0.05, 0) is 28.8 Å². The van der Waals surface area contributed by atoms with Crippen LogP contribution in [-0.4, -0.2) is 34.2 Å². The number of benzene rings is 2. The highest BCUT2D eigenvalue weighted by Gasteiger charge is 2.33. The van der Waals surface area contributed by atoms with Crippen LogP contribution in [0.15, 0.2) is 48.7 Å². The van der Waals surface area contributed by atoms with Crippen LogP contribution < -0.4 is 4.74 Å². The summed E-state index contributed by atoms with van der Waals surface area (Å²) in [6.07, 6.45) is 1.83. The minimum absolute atomic E-state index is 0.137. The lowest BCUT2D eigenvalue weighted by molar-refractivity contribution is 0.0791. The average Bonchev–Trinajstić information content (AvgIpc) is 3.21.